The summed E-state index contributed by atoms with van der Waals surface area (Å²) in [6.07, 6.45) is 3.41. The molecule has 0 amide bonds. The summed E-state index contributed by atoms with van der Waals surface area (Å²) in [4.78, 5) is 4.98. The minimum atomic E-state index is -0.00669. The lowest BCUT2D eigenvalue weighted by atomic mass is 9.31. The fraction of sp³-hybridized carbons (Fsp3) is 0.349. The van der Waals surface area contributed by atoms with Crippen molar-refractivity contribution in [3.63, 3.8) is 0 Å². The van der Waals surface area contributed by atoms with Crippen LogP contribution in [0.4, 0.5) is 22.7 Å². The van der Waals surface area contributed by atoms with E-state index in [1.165, 1.54) is 50.3 Å². The fourth-order valence-corrected chi connectivity index (χ4v) is 8.28. The molecule has 0 spiro atoms. The van der Waals surface area contributed by atoms with Gasteiger partial charge in [-0.3, -0.25) is 0 Å². The van der Waals surface area contributed by atoms with Crippen molar-refractivity contribution >= 4 is 40.4 Å². The Morgan fingerprint density at radius 1 is 0.580 bits per heavy atom. The predicted octanol–water partition coefficient (Wildman–Crippen LogP) is 8.45. The second-order valence-electron chi connectivity index (χ2n) is 16.4. The molecule has 0 fully saturated rings. The van der Waals surface area contributed by atoms with Crippen LogP contribution in [-0.2, 0) is 10.8 Å². The van der Waals surface area contributed by atoms with Gasteiger partial charge in [0.2, 0.25) is 0 Å². The zero-order valence-corrected chi connectivity index (χ0v) is 30.2. The normalized spacial score (nSPS) is 19.1. The van der Waals surface area contributed by atoms with Gasteiger partial charge in [0, 0.05) is 40.6 Å². The first-order valence-electron chi connectivity index (χ1n) is 18.1. The fourth-order valence-electron chi connectivity index (χ4n) is 8.28. The van der Waals surface area contributed by atoms with Gasteiger partial charge < -0.3 is 28.7 Å². The van der Waals surface area contributed by atoms with E-state index in [0.717, 1.165) is 40.8 Å². The summed E-state index contributed by atoms with van der Waals surface area (Å²) in [5.41, 5.74) is 13.9. The molecule has 7 heteroatoms. The van der Waals surface area contributed by atoms with E-state index in [0.29, 0.717) is 32.3 Å². The molecule has 0 radical (unpaired) electrons. The second kappa shape index (κ2) is 11.1. The third kappa shape index (κ3) is 4.91. The lowest BCUT2D eigenvalue weighted by Gasteiger charge is -2.49. The lowest BCUT2D eigenvalue weighted by molar-refractivity contribution is 0.171. The van der Waals surface area contributed by atoms with Crippen molar-refractivity contribution in [3.05, 3.63) is 107 Å². The molecule has 4 aromatic carbocycles. The van der Waals surface area contributed by atoms with Crippen molar-refractivity contribution in [2.24, 2.45) is 5.92 Å². The number of benzene rings is 4. The average Bonchev–Trinajstić information content (AvgIpc) is 3.09. The molecule has 4 heterocycles. The molecule has 254 valence electrons. The summed E-state index contributed by atoms with van der Waals surface area (Å²) in [5.74, 6) is 3.52. The predicted molar refractivity (Wildman–Crippen MR) is 203 cm³/mol. The van der Waals surface area contributed by atoms with Crippen LogP contribution in [0.25, 0.3) is 0 Å². The Morgan fingerprint density at radius 3 is 1.58 bits per heavy atom. The van der Waals surface area contributed by atoms with Crippen molar-refractivity contribution in [2.45, 2.75) is 65.7 Å². The van der Waals surface area contributed by atoms with Crippen LogP contribution >= 0.6 is 0 Å². The van der Waals surface area contributed by atoms with Gasteiger partial charge in [-0.25, -0.2) is 0 Å². The molecule has 5 aliphatic rings. The molecule has 1 aliphatic carbocycles. The van der Waals surface area contributed by atoms with Gasteiger partial charge in [0.25, 0.3) is 6.71 Å². The first-order chi connectivity index (χ1) is 24.0. The standard InChI is InChI=1S/C43H45BN2O4/c1-26-20-35-41-36(21-26)46(30-11-15-38-40(25-30)50-19-17-48-38)34-13-9-28(43(5,6)7)23-32(34)44(41)31-22-27(42(2,3)4)8-12-33(31)45(35)29-10-14-37-39(24-29)49-18-16-47-37/h8-15,20,22-26H,16-19,21H2,1-7H3. The molecule has 9 rings (SSSR count). The summed E-state index contributed by atoms with van der Waals surface area (Å²) in [7, 11) is 0. The molecule has 0 bridgehead atoms. The summed E-state index contributed by atoms with van der Waals surface area (Å²) in [6.45, 7) is 18.5. The van der Waals surface area contributed by atoms with Crippen LogP contribution in [0.3, 0.4) is 0 Å². The summed E-state index contributed by atoms with van der Waals surface area (Å²) in [5, 5.41) is 0. The maximum Gasteiger partial charge on any atom is 0.251 e. The smallest absolute Gasteiger partial charge is 0.251 e. The van der Waals surface area contributed by atoms with Crippen LogP contribution in [0.2, 0.25) is 0 Å². The van der Waals surface area contributed by atoms with Gasteiger partial charge in [0.05, 0.1) is 5.69 Å². The Hall–Kier alpha value is -4.78. The van der Waals surface area contributed by atoms with Gasteiger partial charge in [-0.1, -0.05) is 78.8 Å². The van der Waals surface area contributed by atoms with Crippen molar-refractivity contribution < 1.29 is 18.9 Å². The van der Waals surface area contributed by atoms with Gasteiger partial charge in [-0.15, -0.1) is 0 Å². The first kappa shape index (κ1) is 31.2. The molecule has 4 aromatic rings. The van der Waals surface area contributed by atoms with E-state index in [1.54, 1.807) is 0 Å². The second-order valence-corrected chi connectivity index (χ2v) is 16.4. The van der Waals surface area contributed by atoms with Crippen LogP contribution in [0.5, 0.6) is 23.0 Å². The van der Waals surface area contributed by atoms with Crippen LogP contribution in [0, 0.1) is 5.92 Å². The number of rotatable bonds is 2. The number of anilines is 4. The van der Waals surface area contributed by atoms with E-state index in [-0.39, 0.29) is 17.5 Å². The topological polar surface area (TPSA) is 43.4 Å². The molecule has 4 aliphatic heterocycles. The van der Waals surface area contributed by atoms with Crippen LogP contribution in [0.15, 0.2) is 95.7 Å². The maximum absolute atomic E-state index is 6.14. The molecule has 1 atom stereocenters. The number of hydrogen-bond acceptors (Lipinski definition) is 6. The van der Waals surface area contributed by atoms with E-state index in [9.17, 15) is 0 Å². The SMILES string of the molecule is CC1C=C2C3=C(C1)N(c1ccc4c(c1)OCCO4)c1ccc(C(C)(C)C)cc1B3c1cc(C(C)(C)C)ccc1N2c1ccc2c(c1)OCCO2. The molecule has 1 unspecified atom stereocenters. The highest BCUT2D eigenvalue weighted by atomic mass is 16.6. The Morgan fingerprint density at radius 2 is 1.06 bits per heavy atom. The van der Waals surface area contributed by atoms with E-state index < -0.39 is 0 Å². The van der Waals surface area contributed by atoms with Gasteiger partial charge >= 0.3 is 0 Å². The van der Waals surface area contributed by atoms with Crippen molar-refractivity contribution in [1.29, 1.82) is 0 Å². The monoisotopic (exact) mass is 664 g/mol. The van der Waals surface area contributed by atoms with Crippen LogP contribution < -0.4 is 39.7 Å². The molecular weight excluding hydrogens is 619 g/mol. The van der Waals surface area contributed by atoms with Crippen LogP contribution in [0.1, 0.15) is 66.0 Å². The van der Waals surface area contributed by atoms with Crippen LogP contribution in [-0.4, -0.2) is 33.1 Å². The summed E-state index contributed by atoms with van der Waals surface area (Å²) < 4.78 is 24.2. The average molecular weight is 665 g/mol. The minimum absolute atomic E-state index is 0.00669. The third-order valence-electron chi connectivity index (χ3n) is 10.8. The maximum atomic E-state index is 6.14. The number of ether oxygens (including phenoxy) is 4. The first-order valence-corrected chi connectivity index (χ1v) is 18.1. The molecule has 6 nitrogen and oxygen atoms in total. The zero-order chi connectivity index (χ0) is 34.5. The molecule has 0 aromatic heterocycles. The minimum Gasteiger partial charge on any atom is -0.486 e. The van der Waals surface area contributed by atoms with Gasteiger partial charge in [-0.05, 0) is 87.1 Å². The van der Waals surface area contributed by atoms with Crippen molar-refractivity contribution in [1.82, 2.24) is 0 Å². The van der Waals surface area contributed by atoms with Gasteiger partial charge in [-0.2, -0.15) is 0 Å². The highest BCUT2D eigenvalue weighted by Crippen LogP contribution is 2.51. The Bertz CT molecular complexity index is 2120. The van der Waals surface area contributed by atoms with E-state index in [2.05, 4.69) is 137 Å². The molecule has 0 saturated heterocycles. The number of fused-ring (bicyclic) bond motifs is 6. The van der Waals surface area contributed by atoms with Crippen molar-refractivity contribution in [3.8, 4) is 23.0 Å². The third-order valence-corrected chi connectivity index (χ3v) is 10.8. The quantitative estimate of drug-likeness (QED) is 0.201. The van der Waals surface area contributed by atoms with Crippen molar-refractivity contribution in [2.75, 3.05) is 36.2 Å². The number of allylic oxidation sites excluding steroid dienone is 3. The van der Waals surface area contributed by atoms with E-state index in [4.69, 9.17) is 18.9 Å². The van der Waals surface area contributed by atoms with E-state index >= 15 is 0 Å². The molecule has 0 N–H and O–H groups in total. The molecule has 0 saturated carbocycles. The Labute approximate surface area is 296 Å². The highest BCUT2D eigenvalue weighted by molar-refractivity contribution is 6.94. The number of nitrogens with zero attached hydrogens (tertiary/aromatic N) is 2. The largest absolute Gasteiger partial charge is 0.486 e. The molecule has 50 heavy (non-hydrogen) atoms. The Kier molecular flexibility index (Phi) is 6.94. The Balaban J connectivity index is 1.35. The van der Waals surface area contributed by atoms with Gasteiger partial charge in [0.1, 0.15) is 26.4 Å². The highest BCUT2D eigenvalue weighted by Gasteiger charge is 2.47. The number of hydrogen-bond donors (Lipinski definition) is 0. The molecular formula is C43H45BN2O4. The summed E-state index contributed by atoms with van der Waals surface area (Å²) in [6, 6.07) is 27.2. The zero-order valence-electron chi connectivity index (χ0n) is 30.2. The lowest BCUT2D eigenvalue weighted by Crippen LogP contribution is -2.57. The van der Waals surface area contributed by atoms with Gasteiger partial charge in [0.15, 0.2) is 23.0 Å². The summed E-state index contributed by atoms with van der Waals surface area (Å²) >= 11 is 0. The van der Waals surface area contributed by atoms with E-state index in [1.807, 2.05) is 0 Å².